The number of likely N-dealkylation sites (tertiary alicyclic amines) is 1. The average Bonchev–Trinajstić information content (AvgIpc) is 3.14. The van der Waals surface area contributed by atoms with E-state index in [1.807, 2.05) is 50.9 Å². The number of benzene rings is 1. The third kappa shape index (κ3) is 6.36. The van der Waals surface area contributed by atoms with Gasteiger partial charge in [0.05, 0.1) is 23.7 Å². The van der Waals surface area contributed by atoms with E-state index in [1.54, 1.807) is 4.68 Å². The van der Waals surface area contributed by atoms with Crippen LogP contribution in [0, 0.1) is 5.92 Å². The molecule has 4 rings (SSSR count). The molecule has 1 aromatic heterocycles. The maximum Gasteiger partial charge on any atom is 0.410 e. The zero-order valence-corrected chi connectivity index (χ0v) is 21.8. The van der Waals surface area contributed by atoms with Crippen LogP contribution < -0.4 is 10.1 Å². The highest BCUT2D eigenvalue weighted by Crippen LogP contribution is 2.32. The number of hydrogen-bond acceptors (Lipinski definition) is 6. The largest absolute Gasteiger partial charge is 0.494 e. The van der Waals surface area contributed by atoms with E-state index in [9.17, 15) is 14.4 Å². The summed E-state index contributed by atoms with van der Waals surface area (Å²) in [5.41, 5.74) is 1.16. The zero-order valence-electron chi connectivity index (χ0n) is 21.8. The van der Waals surface area contributed by atoms with Crippen molar-refractivity contribution in [2.45, 2.75) is 77.2 Å². The van der Waals surface area contributed by atoms with Crippen molar-refractivity contribution < 1.29 is 23.9 Å². The van der Waals surface area contributed by atoms with Gasteiger partial charge in [0.2, 0.25) is 11.8 Å². The van der Waals surface area contributed by atoms with Gasteiger partial charge in [0.1, 0.15) is 11.4 Å². The monoisotopic (exact) mass is 498 g/mol. The fourth-order valence-electron chi connectivity index (χ4n) is 5.02. The number of unbranched alkanes of at least 4 members (excludes halogenated alkanes) is 1. The molecule has 3 heterocycles. The maximum atomic E-state index is 12.3. The lowest BCUT2D eigenvalue weighted by atomic mass is 9.92. The van der Waals surface area contributed by atoms with Crippen LogP contribution in [0.4, 0.5) is 4.79 Å². The first-order valence-corrected chi connectivity index (χ1v) is 13.0. The Labute approximate surface area is 212 Å². The second-order valence-corrected chi connectivity index (χ2v) is 10.9. The highest BCUT2D eigenvalue weighted by Gasteiger charge is 2.31. The SMILES string of the molecule is Cn1nc(C2CCC(=O)NC2=O)c2ccc(OCCCCC3CCN(C(=O)OC(C)(C)C)CC3)cc21. The fraction of sp³-hybridized carbons (Fsp3) is 0.630. The minimum atomic E-state index is -0.453. The van der Waals surface area contributed by atoms with Gasteiger partial charge in [0.15, 0.2) is 0 Å². The molecule has 2 fully saturated rings. The Balaban J connectivity index is 1.21. The van der Waals surface area contributed by atoms with Crippen LogP contribution in [0.2, 0.25) is 0 Å². The summed E-state index contributed by atoms with van der Waals surface area (Å²) in [6, 6.07) is 5.84. The lowest BCUT2D eigenvalue weighted by Crippen LogP contribution is -2.41. The Bertz CT molecular complexity index is 1110. The van der Waals surface area contributed by atoms with Crippen LogP contribution >= 0.6 is 0 Å². The number of ether oxygens (including phenoxy) is 2. The number of carbonyl (C=O) groups excluding carboxylic acids is 3. The van der Waals surface area contributed by atoms with Gasteiger partial charge in [-0.05, 0) is 70.9 Å². The van der Waals surface area contributed by atoms with E-state index in [2.05, 4.69) is 10.4 Å². The number of fused-ring (bicyclic) bond motifs is 1. The molecule has 1 unspecified atom stereocenters. The third-order valence-corrected chi connectivity index (χ3v) is 6.96. The first kappa shape index (κ1) is 26.0. The zero-order chi connectivity index (χ0) is 25.9. The van der Waals surface area contributed by atoms with E-state index in [4.69, 9.17) is 9.47 Å². The van der Waals surface area contributed by atoms with Gasteiger partial charge in [-0.1, -0.05) is 6.42 Å². The Morgan fingerprint density at radius 2 is 1.89 bits per heavy atom. The summed E-state index contributed by atoms with van der Waals surface area (Å²) in [5.74, 6) is 0.515. The van der Waals surface area contributed by atoms with Crippen LogP contribution in [0.15, 0.2) is 18.2 Å². The number of nitrogens with one attached hydrogen (secondary N) is 1. The van der Waals surface area contributed by atoms with Crippen molar-refractivity contribution in [3.8, 4) is 5.75 Å². The number of aromatic nitrogens is 2. The summed E-state index contributed by atoms with van der Waals surface area (Å²) in [6.45, 7) is 7.86. The molecule has 9 heteroatoms. The molecule has 196 valence electrons. The molecule has 0 aliphatic carbocycles. The Kier molecular flexibility index (Phi) is 7.85. The molecule has 1 N–H and O–H groups in total. The molecule has 0 radical (unpaired) electrons. The maximum absolute atomic E-state index is 12.3. The lowest BCUT2D eigenvalue weighted by Gasteiger charge is -2.33. The van der Waals surface area contributed by atoms with Gasteiger partial charge in [-0.2, -0.15) is 5.10 Å². The van der Waals surface area contributed by atoms with Crippen LogP contribution in [-0.2, 0) is 21.4 Å². The summed E-state index contributed by atoms with van der Waals surface area (Å²) < 4.78 is 13.3. The van der Waals surface area contributed by atoms with Gasteiger partial charge in [-0.15, -0.1) is 0 Å². The predicted octanol–water partition coefficient (Wildman–Crippen LogP) is 4.29. The molecule has 2 aliphatic rings. The van der Waals surface area contributed by atoms with Gasteiger partial charge in [0, 0.05) is 38.0 Å². The summed E-state index contributed by atoms with van der Waals surface area (Å²) >= 11 is 0. The smallest absolute Gasteiger partial charge is 0.410 e. The molecular formula is C27H38N4O5. The van der Waals surface area contributed by atoms with Gasteiger partial charge in [-0.25, -0.2) is 4.79 Å². The van der Waals surface area contributed by atoms with E-state index >= 15 is 0 Å². The van der Waals surface area contributed by atoms with E-state index < -0.39 is 11.5 Å². The van der Waals surface area contributed by atoms with E-state index in [1.165, 1.54) is 0 Å². The molecule has 1 atom stereocenters. The minimum Gasteiger partial charge on any atom is -0.494 e. The van der Waals surface area contributed by atoms with E-state index in [0.29, 0.717) is 31.1 Å². The van der Waals surface area contributed by atoms with Crippen LogP contribution in [-0.4, -0.2) is 57.9 Å². The van der Waals surface area contributed by atoms with Crippen LogP contribution in [0.25, 0.3) is 10.9 Å². The summed E-state index contributed by atoms with van der Waals surface area (Å²) in [6.07, 6.45) is 5.85. The molecule has 2 aromatic rings. The quantitative estimate of drug-likeness (QED) is 0.451. The standard InChI is InChI=1S/C27H38N4O5/c1-27(2,3)36-26(34)31-14-12-18(13-15-31)7-5-6-16-35-19-8-9-20-22(17-19)30(4)29-24(20)21-10-11-23(32)28-25(21)33/h8-9,17-18,21H,5-7,10-16H2,1-4H3,(H,28,32,33). The molecule has 36 heavy (non-hydrogen) atoms. The number of piperidine rings is 2. The highest BCUT2D eigenvalue weighted by atomic mass is 16.6. The number of amides is 3. The second-order valence-electron chi connectivity index (χ2n) is 10.9. The Morgan fingerprint density at radius 1 is 1.14 bits per heavy atom. The van der Waals surface area contributed by atoms with Crippen molar-refractivity contribution in [3.05, 3.63) is 23.9 Å². The van der Waals surface area contributed by atoms with Gasteiger partial charge in [0.25, 0.3) is 0 Å². The van der Waals surface area contributed by atoms with Crippen LogP contribution in [0.3, 0.4) is 0 Å². The number of imide groups is 1. The van der Waals surface area contributed by atoms with Crippen molar-refractivity contribution in [1.29, 1.82) is 0 Å². The molecule has 2 aliphatic heterocycles. The summed E-state index contributed by atoms with van der Waals surface area (Å²) in [4.78, 5) is 37.8. The number of nitrogens with zero attached hydrogens (tertiary/aromatic N) is 3. The second kappa shape index (κ2) is 10.9. The van der Waals surface area contributed by atoms with Crippen molar-refractivity contribution in [1.82, 2.24) is 20.0 Å². The summed E-state index contributed by atoms with van der Waals surface area (Å²) in [5, 5.41) is 7.91. The molecule has 0 bridgehead atoms. The van der Waals surface area contributed by atoms with Crippen molar-refractivity contribution in [2.75, 3.05) is 19.7 Å². The normalized spacial score (nSPS) is 19.4. The number of hydrogen-bond donors (Lipinski definition) is 1. The highest BCUT2D eigenvalue weighted by molar-refractivity contribution is 6.02. The molecule has 0 spiro atoms. The Hall–Kier alpha value is -3.10. The molecule has 9 nitrogen and oxygen atoms in total. The van der Waals surface area contributed by atoms with Crippen LogP contribution in [0.5, 0.6) is 5.75 Å². The minimum absolute atomic E-state index is 0.205. The first-order chi connectivity index (χ1) is 17.1. The van der Waals surface area contributed by atoms with Crippen molar-refractivity contribution >= 4 is 28.8 Å². The third-order valence-electron chi connectivity index (χ3n) is 6.96. The van der Waals surface area contributed by atoms with Gasteiger partial charge in [-0.3, -0.25) is 19.6 Å². The molecule has 0 saturated carbocycles. The average molecular weight is 499 g/mol. The topological polar surface area (TPSA) is 103 Å². The number of carbonyl (C=O) groups is 3. The number of rotatable bonds is 7. The molecule has 3 amide bonds. The fourth-order valence-corrected chi connectivity index (χ4v) is 5.02. The number of aryl methyl sites for hydroxylation is 1. The Morgan fingerprint density at radius 3 is 2.58 bits per heavy atom. The van der Waals surface area contributed by atoms with Crippen molar-refractivity contribution in [3.63, 3.8) is 0 Å². The van der Waals surface area contributed by atoms with Crippen LogP contribution in [0.1, 0.15) is 77.3 Å². The summed E-state index contributed by atoms with van der Waals surface area (Å²) in [7, 11) is 1.86. The van der Waals surface area contributed by atoms with Gasteiger partial charge < -0.3 is 14.4 Å². The first-order valence-electron chi connectivity index (χ1n) is 13.0. The van der Waals surface area contributed by atoms with Gasteiger partial charge >= 0.3 is 6.09 Å². The lowest BCUT2D eigenvalue weighted by molar-refractivity contribution is -0.134. The van der Waals surface area contributed by atoms with E-state index in [-0.39, 0.29) is 17.9 Å². The molecule has 2 saturated heterocycles. The van der Waals surface area contributed by atoms with Crippen molar-refractivity contribution in [2.24, 2.45) is 13.0 Å². The van der Waals surface area contributed by atoms with E-state index in [0.717, 1.165) is 61.8 Å². The molecular weight excluding hydrogens is 460 g/mol. The predicted molar refractivity (Wildman–Crippen MR) is 136 cm³/mol. The molecule has 1 aromatic carbocycles.